The number of amides is 2. The van der Waals surface area contributed by atoms with Crippen LogP contribution >= 0.6 is 0 Å². The van der Waals surface area contributed by atoms with Crippen molar-refractivity contribution in [3.8, 4) is 5.75 Å². The Balaban J connectivity index is 1.54. The third-order valence-corrected chi connectivity index (χ3v) is 4.50. The predicted molar refractivity (Wildman–Crippen MR) is 101 cm³/mol. The summed E-state index contributed by atoms with van der Waals surface area (Å²) in [5.41, 5.74) is 1.12. The van der Waals surface area contributed by atoms with Gasteiger partial charge in [0.15, 0.2) is 0 Å². The summed E-state index contributed by atoms with van der Waals surface area (Å²) in [4.78, 5) is 37.8. The van der Waals surface area contributed by atoms with Crippen LogP contribution in [0.1, 0.15) is 40.5 Å². The van der Waals surface area contributed by atoms with Crippen LogP contribution in [-0.2, 0) is 4.79 Å². The van der Waals surface area contributed by atoms with Crippen molar-refractivity contribution < 1.29 is 19.1 Å². The lowest BCUT2D eigenvalue weighted by Gasteiger charge is -2.32. The topological polar surface area (TPSA) is 75.7 Å². The Morgan fingerprint density at radius 1 is 0.963 bits per heavy atom. The van der Waals surface area contributed by atoms with Gasteiger partial charge in [0.25, 0.3) is 11.8 Å². The highest BCUT2D eigenvalue weighted by molar-refractivity contribution is 5.95. The summed E-state index contributed by atoms with van der Waals surface area (Å²) < 4.78 is 5.01. The zero-order valence-electron chi connectivity index (χ0n) is 15.2. The first-order chi connectivity index (χ1) is 13.0. The monoisotopic (exact) mass is 366 g/mol. The summed E-state index contributed by atoms with van der Waals surface area (Å²) in [5.74, 6) is -0.271. The second-order valence-corrected chi connectivity index (χ2v) is 6.53. The van der Waals surface area contributed by atoms with Crippen molar-refractivity contribution in [2.24, 2.45) is 0 Å². The van der Waals surface area contributed by atoms with Crippen LogP contribution in [-0.4, -0.2) is 41.8 Å². The van der Waals surface area contributed by atoms with Gasteiger partial charge in [0.1, 0.15) is 5.75 Å². The highest BCUT2D eigenvalue weighted by Gasteiger charge is 2.24. The van der Waals surface area contributed by atoms with E-state index < -0.39 is 5.97 Å². The van der Waals surface area contributed by atoms with E-state index in [1.165, 1.54) is 6.92 Å². The number of carbonyl (C=O) groups excluding carboxylic acids is 3. The standard InChI is InChI=1S/C21H22N2O4/c1-15(24)27-19-9-5-8-17(14-19)20(25)22-18-10-12-23(13-11-18)21(26)16-6-3-2-4-7-16/h2-9,14,18H,10-13H2,1H3,(H,22,25). The molecule has 2 aromatic carbocycles. The van der Waals surface area contributed by atoms with Crippen LogP contribution in [0.5, 0.6) is 5.75 Å². The van der Waals surface area contributed by atoms with Gasteiger partial charge in [0, 0.05) is 37.2 Å². The highest BCUT2D eigenvalue weighted by Crippen LogP contribution is 2.17. The van der Waals surface area contributed by atoms with E-state index in [4.69, 9.17) is 4.74 Å². The van der Waals surface area contributed by atoms with Crippen LogP contribution in [0.2, 0.25) is 0 Å². The Bertz CT molecular complexity index is 827. The summed E-state index contributed by atoms with van der Waals surface area (Å²) in [6.07, 6.45) is 1.40. The SMILES string of the molecule is CC(=O)Oc1cccc(C(=O)NC2CCN(C(=O)c3ccccc3)CC2)c1. The molecule has 3 rings (SSSR count). The molecule has 6 nitrogen and oxygen atoms in total. The minimum Gasteiger partial charge on any atom is -0.427 e. The molecular formula is C21H22N2O4. The predicted octanol–water partition coefficient (Wildman–Crippen LogP) is 2.65. The van der Waals surface area contributed by atoms with E-state index in [1.54, 1.807) is 24.3 Å². The smallest absolute Gasteiger partial charge is 0.308 e. The van der Waals surface area contributed by atoms with Gasteiger partial charge in [-0.15, -0.1) is 0 Å². The fourth-order valence-corrected chi connectivity index (χ4v) is 3.13. The maximum atomic E-state index is 12.5. The Kier molecular flexibility index (Phi) is 5.86. The molecule has 2 aromatic rings. The summed E-state index contributed by atoms with van der Waals surface area (Å²) >= 11 is 0. The number of hydrogen-bond acceptors (Lipinski definition) is 4. The number of rotatable bonds is 4. The third kappa shape index (κ3) is 4.94. The largest absolute Gasteiger partial charge is 0.427 e. The fourth-order valence-electron chi connectivity index (χ4n) is 3.13. The molecule has 1 heterocycles. The maximum absolute atomic E-state index is 12.5. The number of nitrogens with one attached hydrogen (secondary N) is 1. The van der Waals surface area contributed by atoms with Gasteiger partial charge in [-0.1, -0.05) is 24.3 Å². The second-order valence-electron chi connectivity index (χ2n) is 6.53. The molecule has 0 radical (unpaired) electrons. The van der Waals surface area contributed by atoms with Crippen LogP contribution < -0.4 is 10.1 Å². The van der Waals surface area contributed by atoms with Crippen LogP contribution in [0.25, 0.3) is 0 Å². The van der Waals surface area contributed by atoms with Gasteiger partial charge in [0.2, 0.25) is 0 Å². The van der Waals surface area contributed by atoms with Crippen molar-refractivity contribution >= 4 is 17.8 Å². The summed E-state index contributed by atoms with van der Waals surface area (Å²) in [7, 11) is 0. The maximum Gasteiger partial charge on any atom is 0.308 e. The highest BCUT2D eigenvalue weighted by atomic mass is 16.5. The van der Waals surface area contributed by atoms with Crippen molar-refractivity contribution in [3.05, 3.63) is 65.7 Å². The van der Waals surface area contributed by atoms with E-state index >= 15 is 0 Å². The van der Waals surface area contributed by atoms with Gasteiger partial charge in [-0.25, -0.2) is 0 Å². The van der Waals surface area contributed by atoms with Crippen molar-refractivity contribution in [2.75, 3.05) is 13.1 Å². The number of piperidine rings is 1. The molecule has 6 heteroatoms. The van der Waals surface area contributed by atoms with Crippen LogP contribution in [0.15, 0.2) is 54.6 Å². The van der Waals surface area contributed by atoms with Crippen molar-refractivity contribution in [2.45, 2.75) is 25.8 Å². The normalized spacial score (nSPS) is 14.5. The molecule has 0 atom stereocenters. The van der Waals surface area contributed by atoms with Gasteiger partial charge in [-0.2, -0.15) is 0 Å². The lowest BCUT2D eigenvalue weighted by atomic mass is 10.0. The average Bonchev–Trinajstić information content (AvgIpc) is 2.68. The molecule has 0 bridgehead atoms. The second kappa shape index (κ2) is 8.49. The lowest BCUT2D eigenvalue weighted by molar-refractivity contribution is -0.131. The molecule has 0 aromatic heterocycles. The molecule has 1 aliphatic rings. The van der Waals surface area contributed by atoms with Gasteiger partial charge in [0.05, 0.1) is 0 Å². The number of nitrogens with zero attached hydrogens (tertiary/aromatic N) is 1. The molecule has 27 heavy (non-hydrogen) atoms. The first-order valence-corrected chi connectivity index (χ1v) is 8.96. The molecule has 1 fully saturated rings. The molecule has 0 saturated carbocycles. The number of likely N-dealkylation sites (tertiary alicyclic amines) is 1. The summed E-state index contributed by atoms with van der Waals surface area (Å²) in [5, 5.41) is 3.00. The van der Waals surface area contributed by atoms with E-state index in [-0.39, 0.29) is 17.9 Å². The quantitative estimate of drug-likeness (QED) is 0.667. The van der Waals surface area contributed by atoms with E-state index in [0.29, 0.717) is 42.8 Å². The Morgan fingerprint density at radius 3 is 2.30 bits per heavy atom. The first-order valence-electron chi connectivity index (χ1n) is 8.96. The van der Waals surface area contributed by atoms with E-state index in [2.05, 4.69) is 5.32 Å². The molecule has 1 aliphatic heterocycles. The Hall–Kier alpha value is -3.15. The number of ether oxygens (including phenoxy) is 1. The van der Waals surface area contributed by atoms with Crippen molar-refractivity contribution in [1.29, 1.82) is 0 Å². The minimum atomic E-state index is -0.428. The minimum absolute atomic E-state index is 0.00899. The summed E-state index contributed by atoms with van der Waals surface area (Å²) in [6, 6.07) is 15.7. The van der Waals surface area contributed by atoms with Gasteiger partial charge in [-0.3, -0.25) is 14.4 Å². The Morgan fingerprint density at radius 2 is 1.63 bits per heavy atom. The third-order valence-electron chi connectivity index (χ3n) is 4.50. The molecule has 2 amide bonds. The van der Waals surface area contributed by atoms with E-state index in [0.717, 1.165) is 0 Å². The summed E-state index contributed by atoms with van der Waals surface area (Å²) in [6.45, 7) is 2.52. The molecule has 0 aliphatic carbocycles. The number of benzene rings is 2. The number of esters is 1. The molecular weight excluding hydrogens is 344 g/mol. The van der Waals surface area contributed by atoms with E-state index in [9.17, 15) is 14.4 Å². The van der Waals surface area contributed by atoms with Crippen molar-refractivity contribution in [3.63, 3.8) is 0 Å². The fraction of sp³-hybridized carbons (Fsp3) is 0.286. The number of carbonyl (C=O) groups is 3. The zero-order chi connectivity index (χ0) is 19.2. The zero-order valence-corrected chi connectivity index (χ0v) is 15.2. The molecule has 140 valence electrons. The van der Waals surface area contributed by atoms with E-state index in [1.807, 2.05) is 35.2 Å². The molecule has 0 spiro atoms. The molecule has 0 unspecified atom stereocenters. The Labute approximate surface area is 158 Å². The average molecular weight is 366 g/mol. The first kappa shape index (κ1) is 18.6. The van der Waals surface area contributed by atoms with Crippen LogP contribution in [0.4, 0.5) is 0 Å². The number of hydrogen-bond donors (Lipinski definition) is 1. The van der Waals surface area contributed by atoms with Gasteiger partial charge < -0.3 is 15.0 Å². The van der Waals surface area contributed by atoms with Gasteiger partial charge in [-0.05, 0) is 43.2 Å². The lowest BCUT2D eigenvalue weighted by Crippen LogP contribution is -2.46. The van der Waals surface area contributed by atoms with Crippen LogP contribution in [0, 0.1) is 0 Å². The molecule has 1 saturated heterocycles. The van der Waals surface area contributed by atoms with Gasteiger partial charge >= 0.3 is 5.97 Å². The van der Waals surface area contributed by atoms with Crippen LogP contribution in [0.3, 0.4) is 0 Å². The molecule has 1 N–H and O–H groups in total. The van der Waals surface area contributed by atoms with Crippen molar-refractivity contribution in [1.82, 2.24) is 10.2 Å².